The van der Waals surface area contributed by atoms with Crippen LogP contribution in [0.1, 0.15) is 42.4 Å². The minimum Gasteiger partial charge on any atom is -0.492 e. The third-order valence-corrected chi connectivity index (χ3v) is 5.54. The van der Waals surface area contributed by atoms with Crippen LogP contribution in [0.15, 0.2) is 36.4 Å². The second kappa shape index (κ2) is 10.3. The van der Waals surface area contributed by atoms with Crippen molar-refractivity contribution in [3.8, 4) is 5.75 Å². The summed E-state index contributed by atoms with van der Waals surface area (Å²) >= 11 is 0. The number of halogens is 4. The monoisotopic (exact) mass is 454 g/mol. The molecular formula is C23H26F4N2O3. The fraction of sp³-hybridized carbons (Fsp3) is 0.435. The van der Waals surface area contributed by atoms with Gasteiger partial charge in [0, 0.05) is 30.8 Å². The summed E-state index contributed by atoms with van der Waals surface area (Å²) < 4.78 is 63.8. The zero-order chi connectivity index (χ0) is 23.3. The number of anilines is 1. The number of benzene rings is 2. The van der Waals surface area contributed by atoms with Crippen molar-refractivity contribution in [2.45, 2.75) is 50.6 Å². The Morgan fingerprint density at radius 3 is 2.53 bits per heavy atom. The number of rotatable bonds is 8. The summed E-state index contributed by atoms with van der Waals surface area (Å²) in [6, 6.07) is 8.19. The lowest BCUT2D eigenvalue weighted by Crippen LogP contribution is -2.46. The summed E-state index contributed by atoms with van der Waals surface area (Å²) in [5.74, 6) is -0.242. The second-order valence-corrected chi connectivity index (χ2v) is 8.00. The van der Waals surface area contributed by atoms with Crippen LogP contribution in [0.25, 0.3) is 0 Å². The quantitative estimate of drug-likeness (QED) is 0.442. The molecule has 3 unspecified atom stereocenters. The minimum atomic E-state index is -4.36. The van der Waals surface area contributed by atoms with Crippen molar-refractivity contribution >= 4 is 12.1 Å². The van der Waals surface area contributed by atoms with Crippen LogP contribution in [0.2, 0.25) is 0 Å². The first-order valence-electron chi connectivity index (χ1n) is 10.3. The summed E-state index contributed by atoms with van der Waals surface area (Å²) in [6.07, 6.45) is -2.49. The number of alkyl halides is 3. The summed E-state index contributed by atoms with van der Waals surface area (Å²) in [4.78, 5) is 10.7. The Hall–Kier alpha value is -2.65. The third-order valence-electron chi connectivity index (χ3n) is 5.54. The maximum Gasteiger partial charge on any atom is 0.416 e. The van der Waals surface area contributed by atoms with E-state index < -0.39 is 17.6 Å². The summed E-state index contributed by atoms with van der Waals surface area (Å²) in [5, 5.41) is 5.76. The van der Waals surface area contributed by atoms with Crippen LogP contribution in [0.4, 0.5) is 23.2 Å². The Labute approximate surface area is 184 Å². The molecule has 5 nitrogen and oxygen atoms in total. The Bertz CT molecular complexity index is 919. The van der Waals surface area contributed by atoms with Crippen LogP contribution in [0.5, 0.6) is 5.75 Å². The van der Waals surface area contributed by atoms with Crippen molar-refractivity contribution in [2.24, 2.45) is 0 Å². The van der Waals surface area contributed by atoms with Gasteiger partial charge in [0.2, 0.25) is 6.41 Å². The average molecular weight is 454 g/mol. The highest BCUT2D eigenvalue weighted by Crippen LogP contribution is 2.34. The highest BCUT2D eigenvalue weighted by atomic mass is 19.4. The summed E-state index contributed by atoms with van der Waals surface area (Å²) in [7, 11) is 1.46. The molecule has 1 aliphatic heterocycles. The van der Waals surface area contributed by atoms with Crippen LogP contribution < -0.4 is 15.4 Å². The Morgan fingerprint density at radius 2 is 1.91 bits per heavy atom. The van der Waals surface area contributed by atoms with Gasteiger partial charge in [-0.15, -0.1) is 0 Å². The van der Waals surface area contributed by atoms with E-state index in [2.05, 4.69) is 10.6 Å². The van der Waals surface area contributed by atoms with Crippen molar-refractivity contribution < 1.29 is 31.8 Å². The molecular weight excluding hydrogens is 428 g/mol. The van der Waals surface area contributed by atoms with Crippen molar-refractivity contribution in [3.05, 3.63) is 58.9 Å². The first kappa shape index (κ1) is 24.0. The van der Waals surface area contributed by atoms with Gasteiger partial charge >= 0.3 is 6.18 Å². The SMILES string of the molecule is COCc1cc(OCC2CC(c3ccc(C(F)(F)F)cc3)CC(C)N2)cc(F)c1NC=O. The molecule has 1 aliphatic rings. The number of hydrogen-bond donors (Lipinski definition) is 2. The predicted molar refractivity (Wildman–Crippen MR) is 112 cm³/mol. The molecule has 1 amide bonds. The van der Waals surface area contributed by atoms with Crippen LogP contribution in [0.3, 0.4) is 0 Å². The van der Waals surface area contributed by atoms with E-state index in [9.17, 15) is 22.4 Å². The Kier molecular flexibility index (Phi) is 7.73. The molecule has 0 saturated carbocycles. The zero-order valence-electron chi connectivity index (χ0n) is 17.8. The molecule has 3 rings (SSSR count). The standard InChI is InChI=1S/C23H26F4N2O3/c1-14-7-16(15-3-5-18(6-4-15)23(25,26)27)8-19(29-14)12-32-20-9-17(11-31-2)22(28-13-30)21(24)10-20/h3-6,9-10,13-14,16,19,29H,7-8,11-12H2,1-2H3,(H,28,30). The van der Waals surface area contributed by atoms with E-state index in [-0.39, 0.29) is 36.9 Å². The lowest BCUT2D eigenvalue weighted by atomic mass is 9.83. The zero-order valence-corrected chi connectivity index (χ0v) is 17.8. The van der Waals surface area contributed by atoms with Crippen LogP contribution >= 0.6 is 0 Å². The summed E-state index contributed by atoms with van der Waals surface area (Å²) in [6.45, 7) is 2.37. The van der Waals surface area contributed by atoms with Crippen LogP contribution in [-0.2, 0) is 22.3 Å². The molecule has 2 aromatic carbocycles. The van der Waals surface area contributed by atoms with Crippen molar-refractivity contribution in [1.82, 2.24) is 5.32 Å². The molecule has 0 bridgehead atoms. The first-order chi connectivity index (χ1) is 15.2. The van der Waals surface area contributed by atoms with Crippen LogP contribution in [0, 0.1) is 5.82 Å². The molecule has 1 fully saturated rings. The molecule has 0 aliphatic carbocycles. The normalized spacial score (nSPS) is 21.2. The Morgan fingerprint density at radius 1 is 1.19 bits per heavy atom. The van der Waals surface area contributed by atoms with E-state index in [0.29, 0.717) is 24.1 Å². The third kappa shape index (κ3) is 5.98. The molecule has 1 saturated heterocycles. The van der Waals surface area contributed by atoms with E-state index in [0.717, 1.165) is 24.1 Å². The van der Waals surface area contributed by atoms with Crippen molar-refractivity contribution in [2.75, 3.05) is 19.0 Å². The summed E-state index contributed by atoms with van der Waals surface area (Å²) in [5.41, 5.74) is 0.682. The number of hydrogen-bond acceptors (Lipinski definition) is 4. The number of piperidine rings is 1. The molecule has 32 heavy (non-hydrogen) atoms. The van der Waals surface area contributed by atoms with E-state index in [4.69, 9.17) is 9.47 Å². The van der Waals surface area contributed by atoms with Gasteiger partial charge in [0.1, 0.15) is 12.4 Å². The van der Waals surface area contributed by atoms with Crippen molar-refractivity contribution in [3.63, 3.8) is 0 Å². The van der Waals surface area contributed by atoms with Gasteiger partial charge in [0.05, 0.1) is 17.9 Å². The fourth-order valence-corrected chi connectivity index (χ4v) is 4.14. The number of ether oxygens (including phenoxy) is 2. The number of nitrogens with one attached hydrogen (secondary N) is 2. The first-order valence-corrected chi connectivity index (χ1v) is 10.3. The molecule has 174 valence electrons. The van der Waals surface area contributed by atoms with Gasteiger partial charge in [-0.2, -0.15) is 13.2 Å². The number of amides is 1. The van der Waals surface area contributed by atoms with Gasteiger partial charge in [-0.3, -0.25) is 4.79 Å². The van der Waals surface area contributed by atoms with E-state index in [1.54, 1.807) is 6.07 Å². The van der Waals surface area contributed by atoms with Crippen molar-refractivity contribution in [1.29, 1.82) is 0 Å². The van der Waals surface area contributed by atoms with Gasteiger partial charge < -0.3 is 20.1 Å². The maximum absolute atomic E-state index is 14.4. The van der Waals surface area contributed by atoms with Gasteiger partial charge in [0.15, 0.2) is 5.82 Å². The van der Waals surface area contributed by atoms with E-state index >= 15 is 0 Å². The molecule has 0 aromatic heterocycles. The molecule has 3 atom stereocenters. The molecule has 9 heteroatoms. The van der Waals surface area contributed by atoms with Gasteiger partial charge in [-0.1, -0.05) is 12.1 Å². The van der Waals surface area contributed by atoms with Gasteiger partial charge in [-0.25, -0.2) is 4.39 Å². The van der Waals surface area contributed by atoms with E-state index in [1.807, 2.05) is 6.92 Å². The highest BCUT2D eigenvalue weighted by molar-refractivity contribution is 5.74. The van der Waals surface area contributed by atoms with Crippen LogP contribution in [-0.4, -0.2) is 32.2 Å². The Balaban J connectivity index is 1.68. The lowest BCUT2D eigenvalue weighted by molar-refractivity contribution is -0.137. The minimum absolute atomic E-state index is 0.0426. The topological polar surface area (TPSA) is 59.6 Å². The largest absolute Gasteiger partial charge is 0.492 e. The average Bonchev–Trinajstić information content (AvgIpc) is 2.74. The number of carbonyl (C=O) groups excluding carboxylic acids is 1. The second-order valence-electron chi connectivity index (χ2n) is 8.00. The highest BCUT2D eigenvalue weighted by Gasteiger charge is 2.31. The maximum atomic E-state index is 14.4. The van der Waals surface area contributed by atoms with E-state index in [1.165, 1.54) is 25.3 Å². The fourth-order valence-electron chi connectivity index (χ4n) is 4.14. The van der Waals surface area contributed by atoms with Gasteiger partial charge in [0.25, 0.3) is 0 Å². The smallest absolute Gasteiger partial charge is 0.416 e. The number of carbonyl (C=O) groups is 1. The predicted octanol–water partition coefficient (Wildman–Crippen LogP) is 4.86. The van der Waals surface area contributed by atoms with Gasteiger partial charge in [-0.05, 0) is 49.4 Å². The lowest BCUT2D eigenvalue weighted by Gasteiger charge is -2.35. The molecule has 0 spiro atoms. The number of methoxy groups -OCH3 is 1. The molecule has 0 radical (unpaired) electrons. The molecule has 2 N–H and O–H groups in total. The molecule has 1 heterocycles. The molecule has 2 aromatic rings.